The summed E-state index contributed by atoms with van der Waals surface area (Å²) in [5.41, 5.74) is 0. The zero-order valence-corrected chi connectivity index (χ0v) is 10.6. The van der Waals surface area contributed by atoms with Crippen LogP contribution in [0.2, 0.25) is 0 Å². The highest BCUT2D eigenvalue weighted by Gasteiger charge is 2.30. The van der Waals surface area contributed by atoms with E-state index in [1.165, 1.54) is 0 Å². The summed E-state index contributed by atoms with van der Waals surface area (Å²) in [7, 11) is 0. The van der Waals surface area contributed by atoms with E-state index >= 15 is 0 Å². The molecule has 0 bridgehead atoms. The SMILES string of the molecule is CC(C)N1CCOC(C(=O)C2=CCCCO2)C1. The van der Waals surface area contributed by atoms with Crippen LogP contribution in [0.1, 0.15) is 26.7 Å². The van der Waals surface area contributed by atoms with Gasteiger partial charge < -0.3 is 9.47 Å². The van der Waals surface area contributed by atoms with Gasteiger partial charge in [0.1, 0.15) is 6.10 Å². The van der Waals surface area contributed by atoms with Gasteiger partial charge in [-0.15, -0.1) is 0 Å². The molecule has 4 nitrogen and oxygen atoms in total. The maximum Gasteiger partial charge on any atom is 0.226 e. The first-order valence-electron chi connectivity index (χ1n) is 6.41. The van der Waals surface area contributed by atoms with Crippen molar-refractivity contribution in [2.45, 2.75) is 38.8 Å². The van der Waals surface area contributed by atoms with E-state index in [1.54, 1.807) is 0 Å². The molecule has 4 heteroatoms. The quantitative estimate of drug-likeness (QED) is 0.745. The summed E-state index contributed by atoms with van der Waals surface area (Å²) in [4.78, 5) is 14.4. The van der Waals surface area contributed by atoms with Crippen molar-refractivity contribution in [2.24, 2.45) is 0 Å². The van der Waals surface area contributed by atoms with Crippen LogP contribution in [0, 0.1) is 0 Å². The van der Waals surface area contributed by atoms with Crippen LogP contribution >= 0.6 is 0 Å². The zero-order valence-electron chi connectivity index (χ0n) is 10.6. The van der Waals surface area contributed by atoms with E-state index < -0.39 is 0 Å². The van der Waals surface area contributed by atoms with E-state index in [-0.39, 0.29) is 11.9 Å². The third-order valence-corrected chi connectivity index (χ3v) is 3.30. The minimum absolute atomic E-state index is 0.00931. The van der Waals surface area contributed by atoms with E-state index in [1.807, 2.05) is 6.08 Å². The molecule has 0 aliphatic carbocycles. The van der Waals surface area contributed by atoms with Crippen LogP contribution in [0.4, 0.5) is 0 Å². The fourth-order valence-corrected chi connectivity index (χ4v) is 2.18. The number of ketones is 1. The van der Waals surface area contributed by atoms with Crippen LogP contribution in [-0.2, 0) is 14.3 Å². The fraction of sp³-hybridized carbons (Fsp3) is 0.769. The lowest BCUT2D eigenvalue weighted by Crippen LogP contribution is -2.49. The summed E-state index contributed by atoms with van der Waals surface area (Å²) >= 11 is 0. The van der Waals surface area contributed by atoms with Crippen LogP contribution < -0.4 is 0 Å². The third kappa shape index (κ3) is 3.07. The third-order valence-electron chi connectivity index (χ3n) is 3.30. The Bertz CT molecular complexity index is 312. The van der Waals surface area contributed by atoms with Gasteiger partial charge in [0, 0.05) is 19.1 Å². The average molecular weight is 239 g/mol. The molecule has 0 aromatic heterocycles. The van der Waals surface area contributed by atoms with Crippen LogP contribution in [0.25, 0.3) is 0 Å². The predicted octanol–water partition coefficient (Wildman–Crippen LogP) is 1.36. The van der Waals surface area contributed by atoms with Crippen LogP contribution in [0.15, 0.2) is 11.8 Å². The van der Waals surface area contributed by atoms with E-state index in [9.17, 15) is 4.79 Å². The van der Waals surface area contributed by atoms with E-state index in [4.69, 9.17) is 9.47 Å². The molecule has 0 aromatic carbocycles. The maximum atomic E-state index is 12.2. The Kier molecular flexibility index (Phi) is 4.18. The highest BCUT2D eigenvalue weighted by Crippen LogP contribution is 2.17. The fourth-order valence-electron chi connectivity index (χ4n) is 2.18. The molecule has 0 saturated carbocycles. The summed E-state index contributed by atoms with van der Waals surface area (Å²) in [5, 5.41) is 0. The Morgan fingerprint density at radius 1 is 1.47 bits per heavy atom. The standard InChI is InChI=1S/C13H21NO3/c1-10(2)14-6-8-17-12(9-14)13(15)11-5-3-4-7-16-11/h5,10,12H,3-4,6-9H2,1-2H3. The molecule has 17 heavy (non-hydrogen) atoms. The first-order valence-corrected chi connectivity index (χ1v) is 6.41. The Morgan fingerprint density at radius 3 is 2.94 bits per heavy atom. The first kappa shape index (κ1) is 12.6. The molecular weight excluding hydrogens is 218 g/mol. The number of nitrogens with zero attached hydrogens (tertiary/aromatic N) is 1. The molecule has 0 N–H and O–H groups in total. The van der Waals surface area contributed by atoms with Crippen molar-refractivity contribution in [3.63, 3.8) is 0 Å². The number of allylic oxidation sites excluding steroid dienone is 1. The molecular formula is C13H21NO3. The number of hydrogen-bond donors (Lipinski definition) is 0. The zero-order chi connectivity index (χ0) is 12.3. The Balaban J connectivity index is 1.97. The maximum absolute atomic E-state index is 12.2. The summed E-state index contributed by atoms with van der Waals surface area (Å²) in [5.74, 6) is 0.516. The minimum atomic E-state index is -0.351. The van der Waals surface area contributed by atoms with Gasteiger partial charge in [-0.3, -0.25) is 9.69 Å². The number of hydrogen-bond acceptors (Lipinski definition) is 4. The van der Waals surface area contributed by atoms with Gasteiger partial charge in [0.2, 0.25) is 5.78 Å². The molecule has 2 aliphatic heterocycles. The number of carbonyl (C=O) groups excluding carboxylic acids is 1. The molecule has 2 rings (SSSR count). The largest absolute Gasteiger partial charge is 0.490 e. The highest BCUT2D eigenvalue weighted by molar-refractivity contribution is 5.97. The van der Waals surface area contributed by atoms with E-state index in [0.29, 0.717) is 31.6 Å². The van der Waals surface area contributed by atoms with Gasteiger partial charge in [0.15, 0.2) is 5.76 Å². The van der Waals surface area contributed by atoms with Crippen molar-refractivity contribution in [3.8, 4) is 0 Å². The molecule has 1 unspecified atom stereocenters. The van der Waals surface area contributed by atoms with Crippen molar-refractivity contribution in [2.75, 3.05) is 26.3 Å². The normalized spacial score (nSPS) is 26.5. The van der Waals surface area contributed by atoms with Gasteiger partial charge in [-0.05, 0) is 32.8 Å². The second-order valence-electron chi connectivity index (χ2n) is 4.87. The number of ether oxygens (including phenoxy) is 2. The van der Waals surface area contributed by atoms with Gasteiger partial charge in [-0.25, -0.2) is 0 Å². The molecule has 2 heterocycles. The lowest BCUT2D eigenvalue weighted by Gasteiger charge is -2.35. The molecule has 1 atom stereocenters. The van der Waals surface area contributed by atoms with Crippen LogP contribution in [-0.4, -0.2) is 49.1 Å². The van der Waals surface area contributed by atoms with Crippen LogP contribution in [0.5, 0.6) is 0 Å². The topological polar surface area (TPSA) is 38.8 Å². The van der Waals surface area contributed by atoms with Gasteiger partial charge in [-0.2, -0.15) is 0 Å². The number of Topliss-reactive ketones (excluding diaryl/α,β-unsaturated/α-hetero) is 1. The summed E-state index contributed by atoms with van der Waals surface area (Å²) < 4.78 is 11.0. The highest BCUT2D eigenvalue weighted by atomic mass is 16.5. The summed E-state index contributed by atoms with van der Waals surface area (Å²) in [6.07, 6.45) is 3.47. The lowest BCUT2D eigenvalue weighted by molar-refractivity contribution is -0.137. The smallest absolute Gasteiger partial charge is 0.226 e. The van der Waals surface area contributed by atoms with Gasteiger partial charge in [0.25, 0.3) is 0 Å². The molecule has 1 fully saturated rings. The monoisotopic (exact) mass is 239 g/mol. The van der Waals surface area contributed by atoms with Crippen molar-refractivity contribution < 1.29 is 14.3 Å². The molecule has 0 aromatic rings. The van der Waals surface area contributed by atoms with Crippen molar-refractivity contribution >= 4 is 5.78 Å². The molecule has 0 spiro atoms. The van der Waals surface area contributed by atoms with Crippen molar-refractivity contribution in [1.29, 1.82) is 0 Å². The van der Waals surface area contributed by atoms with Gasteiger partial charge in [0.05, 0.1) is 13.2 Å². The predicted molar refractivity (Wildman–Crippen MR) is 64.7 cm³/mol. The average Bonchev–Trinajstić information content (AvgIpc) is 2.39. The van der Waals surface area contributed by atoms with Gasteiger partial charge in [-0.1, -0.05) is 0 Å². The van der Waals surface area contributed by atoms with Gasteiger partial charge >= 0.3 is 0 Å². The number of rotatable bonds is 3. The number of carbonyl (C=O) groups is 1. The summed E-state index contributed by atoms with van der Waals surface area (Å²) in [6.45, 7) is 7.14. The molecule has 0 radical (unpaired) electrons. The lowest BCUT2D eigenvalue weighted by atomic mass is 10.1. The second-order valence-corrected chi connectivity index (χ2v) is 4.87. The van der Waals surface area contributed by atoms with E-state index in [2.05, 4.69) is 18.7 Å². The second kappa shape index (κ2) is 5.65. The van der Waals surface area contributed by atoms with E-state index in [0.717, 1.165) is 19.4 Å². The molecule has 96 valence electrons. The number of morpholine rings is 1. The Labute approximate surface area is 103 Å². The van der Waals surface area contributed by atoms with Crippen LogP contribution in [0.3, 0.4) is 0 Å². The first-order chi connectivity index (χ1) is 8.18. The molecule has 0 amide bonds. The summed E-state index contributed by atoms with van der Waals surface area (Å²) in [6, 6.07) is 0.454. The molecule has 2 aliphatic rings. The Hall–Kier alpha value is -0.870. The minimum Gasteiger partial charge on any atom is -0.490 e. The molecule has 1 saturated heterocycles. The van der Waals surface area contributed by atoms with Crippen molar-refractivity contribution in [3.05, 3.63) is 11.8 Å². The Morgan fingerprint density at radius 2 is 2.29 bits per heavy atom. The van der Waals surface area contributed by atoms with Crippen molar-refractivity contribution in [1.82, 2.24) is 4.90 Å².